The fraction of sp³-hybridized carbons (Fsp3) is 0.333. The molecule has 1 heterocycles. The largest absolute Gasteiger partial charge is 0.493 e. The maximum atomic E-state index is 9.42. The van der Waals surface area contributed by atoms with Crippen LogP contribution in [0.1, 0.15) is 24.4 Å². The number of aliphatic hydroxyl groups is 1. The monoisotopic (exact) mass is 206 g/mol. The highest BCUT2D eigenvalue weighted by Crippen LogP contribution is 2.32. The zero-order chi connectivity index (χ0) is 11.0. The van der Waals surface area contributed by atoms with Gasteiger partial charge in [0.2, 0.25) is 0 Å². The van der Waals surface area contributed by atoms with Crippen LogP contribution >= 0.6 is 0 Å². The van der Waals surface area contributed by atoms with Gasteiger partial charge in [0.1, 0.15) is 11.9 Å². The molecule has 1 aromatic heterocycles. The molecule has 2 aromatic rings. The molecule has 1 N–H and O–H groups in total. The Hall–Kier alpha value is -1.48. The molecular formula is C12H14O3. The number of fused-ring (bicyclic) bond motifs is 1. The van der Waals surface area contributed by atoms with E-state index >= 15 is 0 Å². The van der Waals surface area contributed by atoms with Crippen LogP contribution in [-0.2, 0) is 0 Å². The average Bonchev–Trinajstić information content (AvgIpc) is 2.59. The second kappa shape index (κ2) is 3.59. The minimum Gasteiger partial charge on any atom is -0.493 e. The predicted octanol–water partition coefficient (Wildman–Crippen LogP) is 2.80. The van der Waals surface area contributed by atoms with Crippen molar-refractivity contribution in [1.29, 1.82) is 0 Å². The number of hydrogen-bond acceptors (Lipinski definition) is 3. The molecule has 0 aliphatic carbocycles. The van der Waals surface area contributed by atoms with Gasteiger partial charge in [0.15, 0.2) is 11.3 Å². The smallest absolute Gasteiger partial charge is 0.176 e. The molecule has 2 rings (SSSR count). The molecule has 0 fully saturated rings. The van der Waals surface area contributed by atoms with Crippen molar-refractivity contribution < 1.29 is 14.3 Å². The fourth-order valence-corrected chi connectivity index (χ4v) is 1.64. The molecule has 3 nitrogen and oxygen atoms in total. The first-order valence-corrected chi connectivity index (χ1v) is 4.88. The van der Waals surface area contributed by atoms with Crippen LogP contribution in [0.5, 0.6) is 5.75 Å². The van der Waals surface area contributed by atoms with E-state index in [-0.39, 0.29) is 0 Å². The number of methoxy groups -OCH3 is 1. The third-order valence-electron chi connectivity index (χ3n) is 2.38. The quantitative estimate of drug-likeness (QED) is 0.821. The summed E-state index contributed by atoms with van der Waals surface area (Å²) in [5.74, 6) is 1.27. The lowest BCUT2D eigenvalue weighted by molar-refractivity contribution is 0.172. The summed E-state index contributed by atoms with van der Waals surface area (Å²) in [6.45, 7) is 3.67. The third-order valence-corrected chi connectivity index (χ3v) is 2.38. The summed E-state index contributed by atoms with van der Waals surface area (Å²) < 4.78 is 10.8. The molecule has 15 heavy (non-hydrogen) atoms. The average molecular weight is 206 g/mol. The summed E-state index contributed by atoms with van der Waals surface area (Å²) in [4.78, 5) is 0. The number of hydrogen-bond donors (Lipinski definition) is 1. The molecule has 0 aliphatic rings. The van der Waals surface area contributed by atoms with Crippen LogP contribution in [0.3, 0.4) is 0 Å². The Morgan fingerprint density at radius 3 is 2.67 bits per heavy atom. The maximum absolute atomic E-state index is 9.42. The van der Waals surface area contributed by atoms with Crippen molar-refractivity contribution in [3.63, 3.8) is 0 Å². The van der Waals surface area contributed by atoms with Crippen molar-refractivity contribution in [2.75, 3.05) is 7.11 Å². The molecule has 0 radical (unpaired) electrons. The van der Waals surface area contributed by atoms with Crippen LogP contribution in [0.15, 0.2) is 22.6 Å². The van der Waals surface area contributed by atoms with Gasteiger partial charge in [-0.15, -0.1) is 0 Å². The van der Waals surface area contributed by atoms with Gasteiger partial charge in [-0.3, -0.25) is 0 Å². The predicted molar refractivity (Wildman–Crippen MR) is 58.1 cm³/mol. The van der Waals surface area contributed by atoms with E-state index in [4.69, 9.17) is 9.15 Å². The Balaban J connectivity index is 2.68. The van der Waals surface area contributed by atoms with Crippen LogP contribution in [0.2, 0.25) is 0 Å². The summed E-state index contributed by atoms with van der Waals surface area (Å²) in [5.41, 5.74) is 1.80. The molecule has 3 heteroatoms. The first-order valence-electron chi connectivity index (χ1n) is 4.88. The van der Waals surface area contributed by atoms with E-state index in [0.717, 1.165) is 10.9 Å². The van der Waals surface area contributed by atoms with E-state index in [9.17, 15) is 5.11 Å². The Morgan fingerprint density at radius 2 is 2.07 bits per heavy atom. The van der Waals surface area contributed by atoms with E-state index in [2.05, 4.69) is 0 Å². The van der Waals surface area contributed by atoms with Crippen LogP contribution in [-0.4, -0.2) is 12.2 Å². The van der Waals surface area contributed by atoms with Crippen LogP contribution < -0.4 is 4.74 Å². The molecule has 0 spiro atoms. The zero-order valence-electron chi connectivity index (χ0n) is 9.07. The molecule has 0 aliphatic heterocycles. The molecule has 0 saturated heterocycles. The molecule has 1 atom stereocenters. The minimum absolute atomic E-state index is 0.564. The van der Waals surface area contributed by atoms with Crippen molar-refractivity contribution in [2.24, 2.45) is 0 Å². The van der Waals surface area contributed by atoms with E-state index in [0.29, 0.717) is 17.1 Å². The van der Waals surface area contributed by atoms with Gasteiger partial charge in [0.25, 0.3) is 0 Å². The first-order chi connectivity index (χ1) is 7.11. The lowest BCUT2D eigenvalue weighted by atomic mass is 10.1. The van der Waals surface area contributed by atoms with Gasteiger partial charge in [0, 0.05) is 5.39 Å². The second-order valence-electron chi connectivity index (χ2n) is 3.71. The second-order valence-corrected chi connectivity index (χ2v) is 3.71. The fourth-order valence-electron chi connectivity index (χ4n) is 1.64. The standard InChI is InChI=1S/C12H14O3/c1-7-4-9-6-10(8(2)13)15-12(9)11(5-7)14-3/h4-6,8,13H,1-3H3. The minimum atomic E-state index is -0.595. The lowest BCUT2D eigenvalue weighted by Crippen LogP contribution is -1.85. The SMILES string of the molecule is COc1cc(C)cc2cc(C(C)O)oc12. The summed E-state index contributed by atoms with van der Waals surface area (Å²) in [5, 5.41) is 10.4. The molecule has 1 aromatic carbocycles. The first kappa shape index (κ1) is 10.1. The van der Waals surface area contributed by atoms with Crippen LogP contribution in [0.25, 0.3) is 11.0 Å². The highest BCUT2D eigenvalue weighted by molar-refractivity contribution is 5.84. The van der Waals surface area contributed by atoms with Crippen molar-refractivity contribution >= 4 is 11.0 Å². The van der Waals surface area contributed by atoms with E-state index in [1.165, 1.54) is 0 Å². The van der Waals surface area contributed by atoms with E-state index in [1.807, 2.05) is 25.1 Å². The molecule has 0 saturated carbocycles. The summed E-state index contributed by atoms with van der Waals surface area (Å²) >= 11 is 0. The number of rotatable bonds is 2. The number of furan rings is 1. The Morgan fingerprint density at radius 1 is 1.33 bits per heavy atom. The third kappa shape index (κ3) is 1.70. The van der Waals surface area contributed by atoms with Gasteiger partial charge >= 0.3 is 0 Å². The summed E-state index contributed by atoms with van der Waals surface area (Å²) in [6.07, 6.45) is -0.595. The molecule has 0 bridgehead atoms. The Labute approximate surface area is 88.3 Å². The number of aliphatic hydroxyl groups excluding tert-OH is 1. The summed E-state index contributed by atoms with van der Waals surface area (Å²) in [7, 11) is 1.61. The van der Waals surface area contributed by atoms with E-state index < -0.39 is 6.10 Å². The molecule has 1 unspecified atom stereocenters. The lowest BCUT2D eigenvalue weighted by Gasteiger charge is -2.01. The van der Waals surface area contributed by atoms with Crippen molar-refractivity contribution in [3.8, 4) is 5.75 Å². The Kier molecular flexibility index (Phi) is 2.40. The number of ether oxygens (including phenoxy) is 1. The van der Waals surface area contributed by atoms with Gasteiger partial charge in [-0.25, -0.2) is 0 Å². The van der Waals surface area contributed by atoms with Crippen molar-refractivity contribution in [2.45, 2.75) is 20.0 Å². The Bertz CT molecular complexity index is 483. The van der Waals surface area contributed by atoms with E-state index in [1.54, 1.807) is 14.0 Å². The topological polar surface area (TPSA) is 42.6 Å². The summed E-state index contributed by atoms with van der Waals surface area (Å²) in [6, 6.07) is 5.76. The van der Waals surface area contributed by atoms with Crippen LogP contribution in [0, 0.1) is 6.92 Å². The zero-order valence-corrected chi connectivity index (χ0v) is 9.07. The van der Waals surface area contributed by atoms with Gasteiger partial charge in [-0.05, 0) is 37.6 Å². The number of aryl methyl sites for hydroxylation is 1. The molecular weight excluding hydrogens is 192 g/mol. The maximum Gasteiger partial charge on any atom is 0.176 e. The molecule has 80 valence electrons. The molecule has 0 amide bonds. The number of benzene rings is 1. The van der Waals surface area contributed by atoms with Crippen molar-refractivity contribution in [1.82, 2.24) is 0 Å². The normalized spacial score (nSPS) is 13.1. The van der Waals surface area contributed by atoms with Gasteiger partial charge in [0.05, 0.1) is 7.11 Å². The van der Waals surface area contributed by atoms with Crippen molar-refractivity contribution in [3.05, 3.63) is 29.5 Å². The van der Waals surface area contributed by atoms with Gasteiger partial charge in [-0.1, -0.05) is 0 Å². The van der Waals surface area contributed by atoms with Gasteiger partial charge in [-0.2, -0.15) is 0 Å². The highest BCUT2D eigenvalue weighted by atomic mass is 16.5. The van der Waals surface area contributed by atoms with Gasteiger partial charge < -0.3 is 14.3 Å². The highest BCUT2D eigenvalue weighted by Gasteiger charge is 2.12. The van der Waals surface area contributed by atoms with Crippen LogP contribution in [0.4, 0.5) is 0 Å².